The van der Waals surface area contributed by atoms with Crippen molar-refractivity contribution >= 4 is 77.6 Å². The molecule has 0 amide bonds. The van der Waals surface area contributed by atoms with Gasteiger partial charge in [0.05, 0.1) is 5.69 Å². The highest BCUT2D eigenvalue weighted by Crippen LogP contribution is 2.51. The van der Waals surface area contributed by atoms with E-state index in [2.05, 4.69) is 256 Å². The molecule has 70 heavy (non-hydrogen) atoms. The zero-order valence-electron chi connectivity index (χ0n) is 39.7. The van der Waals surface area contributed by atoms with Crippen molar-refractivity contribution in [2.45, 2.75) is 33.1 Å². The molecule has 0 fully saturated rings. The molecule has 3 nitrogen and oxygen atoms in total. The Morgan fingerprint density at radius 1 is 0.357 bits per heavy atom. The van der Waals surface area contributed by atoms with E-state index in [4.69, 9.17) is 4.42 Å². The van der Waals surface area contributed by atoms with Gasteiger partial charge in [-0.2, -0.15) is 0 Å². The third-order valence-electron chi connectivity index (χ3n) is 14.8. The second-order valence-electron chi connectivity index (χ2n) is 19.5. The number of nitrogens with zero attached hydrogens (tertiary/aromatic N) is 2. The molecule has 1 aliphatic rings. The van der Waals surface area contributed by atoms with Gasteiger partial charge in [0.25, 0.3) is 0 Å². The molecule has 334 valence electrons. The molecule has 0 atom stereocenters. The van der Waals surface area contributed by atoms with Gasteiger partial charge >= 0.3 is 0 Å². The Balaban J connectivity index is 0.946. The van der Waals surface area contributed by atoms with Crippen LogP contribution in [0.4, 0.5) is 34.1 Å². The van der Waals surface area contributed by atoms with Crippen LogP contribution in [0.1, 0.15) is 36.1 Å². The monoisotopic (exact) mass is 898 g/mol. The molecule has 0 unspecified atom stereocenters. The van der Waals surface area contributed by atoms with E-state index in [9.17, 15) is 0 Å². The molecule has 1 aromatic heterocycles. The minimum Gasteiger partial charge on any atom is -0.455 e. The van der Waals surface area contributed by atoms with Gasteiger partial charge < -0.3 is 14.2 Å². The number of benzene rings is 11. The highest BCUT2D eigenvalue weighted by atomic mass is 16.3. The molecule has 1 heterocycles. The first-order valence-electron chi connectivity index (χ1n) is 24.3. The van der Waals surface area contributed by atoms with Crippen molar-refractivity contribution in [3.05, 3.63) is 253 Å². The zero-order chi connectivity index (χ0) is 47.1. The zero-order valence-corrected chi connectivity index (χ0v) is 39.7. The Labute approximate surface area is 409 Å². The van der Waals surface area contributed by atoms with Gasteiger partial charge in [0, 0.05) is 55.6 Å². The lowest BCUT2D eigenvalue weighted by atomic mass is 9.82. The van der Waals surface area contributed by atoms with Crippen LogP contribution in [0.2, 0.25) is 0 Å². The molecular formula is C67H50N2O. The average Bonchev–Trinajstić information content (AvgIpc) is 3.89. The van der Waals surface area contributed by atoms with Crippen LogP contribution in [0, 0.1) is 13.8 Å². The van der Waals surface area contributed by atoms with Crippen molar-refractivity contribution in [2.75, 3.05) is 9.80 Å². The normalized spacial score (nSPS) is 12.7. The number of aryl methyl sites for hydroxylation is 2. The number of fused-ring (bicyclic) bond motifs is 9. The van der Waals surface area contributed by atoms with E-state index in [1.54, 1.807) is 0 Å². The molecule has 0 radical (unpaired) electrons. The number of furan rings is 1. The van der Waals surface area contributed by atoms with Crippen molar-refractivity contribution < 1.29 is 4.42 Å². The summed E-state index contributed by atoms with van der Waals surface area (Å²) in [4.78, 5) is 4.82. The van der Waals surface area contributed by atoms with Crippen molar-refractivity contribution in [3.63, 3.8) is 0 Å². The summed E-state index contributed by atoms with van der Waals surface area (Å²) < 4.78 is 6.49. The molecule has 13 rings (SSSR count). The van der Waals surface area contributed by atoms with E-state index >= 15 is 0 Å². The highest BCUT2D eigenvalue weighted by Gasteiger charge is 2.36. The minimum atomic E-state index is -0.140. The fourth-order valence-electron chi connectivity index (χ4n) is 11.2. The van der Waals surface area contributed by atoms with Gasteiger partial charge in [-0.1, -0.05) is 183 Å². The molecule has 12 aromatic rings. The Kier molecular flexibility index (Phi) is 9.64. The summed E-state index contributed by atoms with van der Waals surface area (Å²) in [5, 5.41) is 7.14. The standard InChI is InChI=1S/C67H50N2O/c1-43-20-29-50(30-21-43)69(51-31-22-44(2)23-32-51)63-41-40-53(59-38-28-45-12-5-6-13-54(45)65(59)63)46-24-33-48(34-25-46)68(52-37-39-57-56-14-7-9-18-61(56)67(3,4)62(57)42-52)49-35-26-47(27-36-49)55-16-11-17-60-58-15-8-10-19-64(58)70-66(55)60/h5-42H,1-4H3. The molecule has 11 aromatic carbocycles. The van der Waals surface area contributed by atoms with Gasteiger partial charge in [-0.3, -0.25) is 0 Å². The van der Waals surface area contributed by atoms with Gasteiger partial charge in [0.2, 0.25) is 0 Å². The largest absolute Gasteiger partial charge is 0.455 e. The first kappa shape index (κ1) is 41.5. The second kappa shape index (κ2) is 16.3. The predicted octanol–water partition coefficient (Wildman–Crippen LogP) is 19.1. The van der Waals surface area contributed by atoms with E-state index < -0.39 is 0 Å². The Morgan fingerprint density at radius 3 is 1.60 bits per heavy atom. The van der Waals surface area contributed by atoms with Crippen LogP contribution in [0.25, 0.3) is 76.9 Å². The van der Waals surface area contributed by atoms with Crippen molar-refractivity contribution in [2.24, 2.45) is 0 Å². The SMILES string of the molecule is Cc1ccc(N(c2ccc(C)cc2)c2ccc(-c3ccc(N(c4ccc(-c5cccc6c5oc5ccccc56)cc4)c4ccc5c(c4)C(C)(C)c4ccccc4-5)cc3)c3ccc4ccccc4c23)cc1. The number of anilines is 6. The van der Waals surface area contributed by atoms with E-state index in [0.29, 0.717) is 0 Å². The molecule has 0 spiro atoms. The van der Waals surface area contributed by atoms with Gasteiger partial charge in [-0.05, 0) is 142 Å². The Bertz CT molecular complexity index is 3930. The maximum absolute atomic E-state index is 6.49. The number of hydrogen-bond donors (Lipinski definition) is 0. The van der Waals surface area contributed by atoms with Gasteiger partial charge in [-0.15, -0.1) is 0 Å². The van der Waals surface area contributed by atoms with Crippen molar-refractivity contribution in [1.82, 2.24) is 0 Å². The van der Waals surface area contributed by atoms with E-state index in [0.717, 1.165) is 72.8 Å². The van der Waals surface area contributed by atoms with E-state index in [1.165, 1.54) is 60.5 Å². The summed E-state index contributed by atoms with van der Waals surface area (Å²) >= 11 is 0. The summed E-state index contributed by atoms with van der Waals surface area (Å²) in [6, 6.07) is 84.6. The maximum Gasteiger partial charge on any atom is 0.143 e. The summed E-state index contributed by atoms with van der Waals surface area (Å²) in [5.74, 6) is 0. The van der Waals surface area contributed by atoms with Crippen LogP contribution >= 0.6 is 0 Å². The summed E-state index contributed by atoms with van der Waals surface area (Å²) in [5.41, 5.74) is 20.7. The summed E-state index contributed by atoms with van der Waals surface area (Å²) in [7, 11) is 0. The van der Waals surface area contributed by atoms with E-state index in [1.807, 2.05) is 12.1 Å². The molecule has 1 aliphatic carbocycles. The van der Waals surface area contributed by atoms with Crippen LogP contribution in [0.15, 0.2) is 235 Å². The third-order valence-corrected chi connectivity index (χ3v) is 14.8. The fraction of sp³-hybridized carbons (Fsp3) is 0.0746. The maximum atomic E-state index is 6.49. The molecule has 0 bridgehead atoms. The Morgan fingerprint density at radius 2 is 0.886 bits per heavy atom. The number of rotatable bonds is 8. The average molecular weight is 899 g/mol. The molecule has 0 saturated carbocycles. The molecular weight excluding hydrogens is 849 g/mol. The Hall–Kier alpha value is -8.66. The smallest absolute Gasteiger partial charge is 0.143 e. The van der Waals surface area contributed by atoms with Crippen molar-refractivity contribution in [1.29, 1.82) is 0 Å². The summed E-state index contributed by atoms with van der Waals surface area (Å²) in [6.07, 6.45) is 0. The minimum absolute atomic E-state index is 0.140. The van der Waals surface area contributed by atoms with Crippen LogP contribution in [-0.2, 0) is 5.41 Å². The highest BCUT2D eigenvalue weighted by molar-refractivity contribution is 6.19. The second-order valence-corrected chi connectivity index (χ2v) is 19.5. The fourth-order valence-corrected chi connectivity index (χ4v) is 11.2. The summed E-state index contributed by atoms with van der Waals surface area (Å²) in [6.45, 7) is 9.01. The third kappa shape index (κ3) is 6.72. The van der Waals surface area contributed by atoms with E-state index in [-0.39, 0.29) is 5.41 Å². The van der Waals surface area contributed by atoms with Crippen LogP contribution in [0.5, 0.6) is 0 Å². The molecule has 3 heteroatoms. The topological polar surface area (TPSA) is 19.6 Å². The van der Waals surface area contributed by atoms with Crippen LogP contribution in [-0.4, -0.2) is 0 Å². The lowest BCUT2D eigenvalue weighted by Gasteiger charge is -2.29. The first-order chi connectivity index (χ1) is 34.3. The van der Waals surface area contributed by atoms with Gasteiger partial charge in [0.15, 0.2) is 0 Å². The quantitative estimate of drug-likeness (QED) is 0.142. The molecule has 0 aliphatic heterocycles. The van der Waals surface area contributed by atoms with Crippen LogP contribution in [0.3, 0.4) is 0 Å². The van der Waals surface area contributed by atoms with Gasteiger partial charge in [-0.25, -0.2) is 0 Å². The number of hydrogen-bond acceptors (Lipinski definition) is 3. The predicted molar refractivity (Wildman–Crippen MR) is 296 cm³/mol. The van der Waals surface area contributed by atoms with Crippen LogP contribution < -0.4 is 9.80 Å². The van der Waals surface area contributed by atoms with Crippen molar-refractivity contribution in [3.8, 4) is 33.4 Å². The molecule has 0 saturated heterocycles. The lowest BCUT2D eigenvalue weighted by Crippen LogP contribution is -2.16. The number of para-hydroxylation sites is 2. The van der Waals surface area contributed by atoms with Gasteiger partial charge in [0.1, 0.15) is 11.2 Å². The molecule has 0 N–H and O–H groups in total. The first-order valence-corrected chi connectivity index (χ1v) is 24.3. The lowest BCUT2D eigenvalue weighted by molar-refractivity contribution is 0.660.